The first kappa shape index (κ1) is 32.6. The van der Waals surface area contributed by atoms with E-state index >= 15 is 4.39 Å². The van der Waals surface area contributed by atoms with Crippen molar-refractivity contribution in [1.82, 2.24) is 15.3 Å². The molecule has 0 fully saturated rings. The van der Waals surface area contributed by atoms with Crippen LogP contribution in [0.3, 0.4) is 0 Å². The Balaban J connectivity index is 1.61. The summed E-state index contributed by atoms with van der Waals surface area (Å²) in [4.78, 5) is 38.9. The van der Waals surface area contributed by atoms with E-state index in [9.17, 15) is 22.8 Å². The summed E-state index contributed by atoms with van der Waals surface area (Å²) in [6.45, 7) is 2.62. The van der Waals surface area contributed by atoms with Crippen LogP contribution in [-0.2, 0) is 17.6 Å². The van der Waals surface area contributed by atoms with Gasteiger partial charge in [0.2, 0.25) is 6.17 Å². The minimum absolute atomic E-state index is 0.125. The number of rotatable bonds is 8. The van der Waals surface area contributed by atoms with E-state index in [2.05, 4.69) is 25.6 Å². The summed E-state index contributed by atoms with van der Waals surface area (Å²) in [5.41, 5.74) is -1.54. The second kappa shape index (κ2) is 13.3. The number of para-hydroxylation sites is 1. The first-order valence-electron chi connectivity index (χ1n) is 13.6. The second-order valence-electron chi connectivity index (χ2n) is 9.79. The molecule has 1 aliphatic heterocycles. The molecule has 4 aromatic rings. The van der Waals surface area contributed by atoms with Crippen LogP contribution >= 0.6 is 23.2 Å². The predicted molar refractivity (Wildman–Crippen MR) is 162 cm³/mol. The number of carbonyl (C=O) groups excluding carboxylic acids is 2. The number of hydrogen-bond acceptors (Lipinski definition) is 7. The summed E-state index contributed by atoms with van der Waals surface area (Å²) >= 11 is 12.8. The molecule has 2 amide bonds. The number of ether oxygens (including phenoxy) is 2. The Hall–Kier alpha value is -4.75. The maximum absolute atomic E-state index is 15.4. The third kappa shape index (κ3) is 6.75. The summed E-state index contributed by atoms with van der Waals surface area (Å²) in [6, 6.07) is 12.7. The zero-order chi connectivity index (χ0) is 33.2. The monoisotopic (exact) mass is 675 g/mol. The van der Waals surface area contributed by atoms with Gasteiger partial charge in [0.15, 0.2) is 17.3 Å². The Morgan fingerprint density at radius 3 is 2.57 bits per heavy atom. The molecule has 1 atom stereocenters. The van der Waals surface area contributed by atoms with Crippen LogP contribution in [0, 0.1) is 12.7 Å². The number of pyridine rings is 2. The van der Waals surface area contributed by atoms with Crippen molar-refractivity contribution in [3.8, 4) is 11.5 Å². The van der Waals surface area contributed by atoms with Crippen molar-refractivity contribution < 1.29 is 36.6 Å². The van der Waals surface area contributed by atoms with E-state index in [1.165, 1.54) is 24.5 Å². The zero-order valence-corrected chi connectivity index (χ0v) is 25.5. The van der Waals surface area contributed by atoms with E-state index in [1.807, 2.05) is 0 Å². The molecule has 3 heterocycles. The minimum atomic E-state index is -5.20. The molecule has 0 spiro atoms. The van der Waals surface area contributed by atoms with Crippen LogP contribution in [0.15, 0.2) is 65.9 Å². The van der Waals surface area contributed by atoms with Crippen LogP contribution in [0.2, 0.25) is 10.0 Å². The smallest absolute Gasteiger partial charge is 0.436 e. The Bertz CT molecular complexity index is 1860. The van der Waals surface area contributed by atoms with Crippen LogP contribution in [0.5, 0.6) is 11.5 Å². The number of alkyl halides is 3. The summed E-state index contributed by atoms with van der Waals surface area (Å²) in [6.07, 6.45) is -4.07. The standard InChI is InChI=1S/C31H23Cl2F4N5O4/c1-3-45-21-12-17(32)11-19(33)23(21)25-18-8-4-5-9-20(18)40-30(44)28(41-25)42-29(43)22-15(2)39-27(31(35,36)37)24(34)26(22)46-14-16-7-6-10-38-13-16/h4-13,28H,3,14H2,1-2H3,(H,40,44)(H,42,43). The predicted octanol–water partition coefficient (Wildman–Crippen LogP) is 6.77. The molecule has 0 bridgehead atoms. The van der Waals surface area contributed by atoms with Gasteiger partial charge in [0.1, 0.15) is 17.9 Å². The van der Waals surface area contributed by atoms with Crippen molar-refractivity contribution in [2.75, 3.05) is 11.9 Å². The van der Waals surface area contributed by atoms with Crippen LogP contribution in [0.1, 0.15) is 45.4 Å². The zero-order valence-electron chi connectivity index (χ0n) is 24.0. The van der Waals surface area contributed by atoms with Gasteiger partial charge in [-0.2, -0.15) is 13.2 Å². The number of carbonyl (C=O) groups is 2. The lowest BCUT2D eigenvalue weighted by Crippen LogP contribution is -2.43. The highest BCUT2D eigenvalue weighted by atomic mass is 35.5. The Kier molecular flexibility index (Phi) is 9.44. The van der Waals surface area contributed by atoms with Gasteiger partial charge >= 0.3 is 6.18 Å². The van der Waals surface area contributed by atoms with Gasteiger partial charge in [-0.05, 0) is 38.1 Å². The summed E-state index contributed by atoms with van der Waals surface area (Å²) in [5, 5.41) is 5.44. The third-order valence-corrected chi connectivity index (χ3v) is 7.16. The van der Waals surface area contributed by atoms with Gasteiger partial charge in [-0.25, -0.2) is 14.4 Å². The van der Waals surface area contributed by atoms with Gasteiger partial charge in [0.05, 0.1) is 34.3 Å². The highest BCUT2D eigenvalue weighted by Crippen LogP contribution is 2.38. The lowest BCUT2D eigenvalue weighted by atomic mass is 9.99. The molecule has 1 aliphatic rings. The molecule has 0 saturated carbocycles. The normalized spacial score (nSPS) is 14.5. The lowest BCUT2D eigenvalue weighted by molar-refractivity contribution is -0.144. The van der Waals surface area contributed by atoms with Crippen LogP contribution in [0.25, 0.3) is 0 Å². The van der Waals surface area contributed by atoms with Crippen LogP contribution in [0.4, 0.5) is 23.2 Å². The van der Waals surface area contributed by atoms with Crippen LogP contribution < -0.4 is 20.1 Å². The molecule has 15 heteroatoms. The van der Waals surface area contributed by atoms with E-state index in [1.54, 1.807) is 43.3 Å². The molecule has 0 aliphatic carbocycles. The quantitative estimate of drug-likeness (QED) is 0.199. The van der Waals surface area contributed by atoms with Gasteiger partial charge in [-0.1, -0.05) is 47.5 Å². The SMILES string of the molecule is CCOc1cc(Cl)cc(Cl)c1C1=NC(NC(=O)c2c(C)nc(C(F)(F)F)c(F)c2OCc2cccnc2)C(=O)Nc2ccccc21. The highest BCUT2D eigenvalue weighted by Gasteiger charge is 2.41. The molecular weight excluding hydrogens is 653 g/mol. The lowest BCUT2D eigenvalue weighted by Gasteiger charge is -2.19. The van der Waals surface area contributed by atoms with E-state index in [4.69, 9.17) is 32.7 Å². The fourth-order valence-corrected chi connectivity index (χ4v) is 5.25. The molecule has 46 heavy (non-hydrogen) atoms. The molecule has 2 N–H and O–H groups in total. The number of nitrogens with one attached hydrogen (secondary N) is 2. The number of halogens is 6. The summed E-state index contributed by atoms with van der Waals surface area (Å²) in [7, 11) is 0. The maximum Gasteiger partial charge on any atom is 0.436 e. The molecule has 238 valence electrons. The van der Waals surface area contributed by atoms with Crippen molar-refractivity contribution in [2.24, 2.45) is 4.99 Å². The first-order valence-corrected chi connectivity index (χ1v) is 14.3. The fourth-order valence-electron chi connectivity index (χ4n) is 4.68. The van der Waals surface area contributed by atoms with Crippen molar-refractivity contribution in [2.45, 2.75) is 32.8 Å². The van der Waals surface area contributed by atoms with Gasteiger partial charge in [-0.3, -0.25) is 14.6 Å². The summed E-state index contributed by atoms with van der Waals surface area (Å²) in [5.74, 6) is -4.66. The maximum atomic E-state index is 15.4. The van der Waals surface area contributed by atoms with E-state index in [0.717, 1.165) is 6.92 Å². The van der Waals surface area contributed by atoms with Gasteiger partial charge in [0.25, 0.3) is 11.8 Å². The molecule has 1 unspecified atom stereocenters. The number of aromatic nitrogens is 2. The van der Waals surface area contributed by atoms with Gasteiger partial charge in [0, 0.05) is 28.5 Å². The summed E-state index contributed by atoms with van der Waals surface area (Å²) < 4.78 is 67.7. The number of benzene rings is 2. The number of aliphatic imine (C=N–C) groups is 1. The molecule has 0 radical (unpaired) electrons. The third-order valence-electron chi connectivity index (χ3n) is 6.65. The van der Waals surface area contributed by atoms with Crippen molar-refractivity contribution in [3.63, 3.8) is 0 Å². The minimum Gasteiger partial charge on any atom is -0.493 e. The molecule has 2 aromatic heterocycles. The van der Waals surface area contributed by atoms with E-state index in [-0.39, 0.29) is 33.7 Å². The number of anilines is 1. The number of nitrogens with zero attached hydrogens (tertiary/aromatic N) is 3. The van der Waals surface area contributed by atoms with Crippen LogP contribution in [-0.4, -0.2) is 40.3 Å². The topological polar surface area (TPSA) is 115 Å². The molecule has 0 saturated heterocycles. The molecule has 5 rings (SSSR count). The largest absolute Gasteiger partial charge is 0.493 e. The van der Waals surface area contributed by atoms with Crippen molar-refractivity contribution in [1.29, 1.82) is 0 Å². The molecule has 9 nitrogen and oxygen atoms in total. The number of benzodiazepines with no additional fused rings is 1. The van der Waals surface area contributed by atoms with Crippen molar-refractivity contribution in [3.05, 3.63) is 110 Å². The Morgan fingerprint density at radius 1 is 1.11 bits per heavy atom. The highest BCUT2D eigenvalue weighted by molar-refractivity contribution is 6.39. The number of amides is 2. The Labute approximate surface area is 269 Å². The van der Waals surface area contributed by atoms with E-state index in [0.29, 0.717) is 16.8 Å². The average Bonchev–Trinajstić information content (AvgIpc) is 3.13. The number of aryl methyl sites for hydroxylation is 1. The number of fused-ring (bicyclic) bond motifs is 1. The van der Waals surface area contributed by atoms with Gasteiger partial charge in [-0.15, -0.1) is 0 Å². The molecule has 2 aromatic carbocycles. The number of hydrogen-bond donors (Lipinski definition) is 2. The first-order chi connectivity index (χ1) is 21.9. The van der Waals surface area contributed by atoms with E-state index < -0.39 is 59.3 Å². The fraction of sp³-hybridized carbons (Fsp3) is 0.194. The average molecular weight is 676 g/mol. The Morgan fingerprint density at radius 2 is 1.87 bits per heavy atom. The molecular formula is C31H23Cl2F4N5O4. The van der Waals surface area contributed by atoms with Crippen molar-refractivity contribution >= 4 is 46.4 Å². The van der Waals surface area contributed by atoms with Gasteiger partial charge < -0.3 is 20.1 Å². The second-order valence-corrected chi connectivity index (χ2v) is 10.6.